The van der Waals surface area contributed by atoms with Crippen LogP contribution in [0.25, 0.3) is 0 Å². The van der Waals surface area contributed by atoms with Crippen LogP contribution in [0.3, 0.4) is 0 Å². The smallest absolute Gasteiger partial charge is 1.00 e. The van der Waals surface area contributed by atoms with Crippen molar-refractivity contribution in [3.8, 4) is 0 Å². The number of hydrogen-bond acceptors (Lipinski definition) is 0. The van der Waals surface area contributed by atoms with Gasteiger partial charge in [-0.05, 0) is 0 Å². The van der Waals surface area contributed by atoms with Crippen LogP contribution in [-0.4, -0.2) is 8.07 Å². The van der Waals surface area contributed by atoms with E-state index in [0.29, 0.717) is 5.04 Å². The van der Waals surface area contributed by atoms with Crippen molar-refractivity contribution in [2.24, 2.45) is 5.92 Å². The molecule has 0 spiro atoms. The van der Waals surface area contributed by atoms with E-state index in [0.717, 1.165) is 5.92 Å². The summed E-state index contributed by atoms with van der Waals surface area (Å²) in [4.78, 5) is 0. The molecule has 0 radical (unpaired) electrons. The Hall–Kier alpha value is 1.28. The predicted octanol–water partition coefficient (Wildman–Crippen LogP) is -3.17. The van der Waals surface area contributed by atoms with Crippen LogP contribution in [0.5, 0.6) is 0 Å². The van der Waals surface area contributed by atoms with Crippen LogP contribution < -0.4 is 37.2 Å². The normalized spacial score (nSPS) is 21.7. The minimum Gasteiger partial charge on any atom is -1.00 e. The number of halogens is 3. The van der Waals surface area contributed by atoms with Crippen molar-refractivity contribution < 1.29 is 57.7 Å². The third-order valence-corrected chi connectivity index (χ3v) is 12.5. The minimum atomic E-state index is -1.19. The second kappa shape index (κ2) is 9.11. The summed E-state index contributed by atoms with van der Waals surface area (Å²) in [5, 5.41) is 0.513. The molecule has 22 heavy (non-hydrogen) atoms. The SMILES string of the molecule is CC1=[C]([Ti+3])C2=C(CCCC2)C1C[Si](C)(C)C(C)(C)C.[Cl-].[Cl-].[Cl-]. The maximum Gasteiger partial charge on any atom is -1.00 e. The van der Waals surface area contributed by atoms with Crippen molar-refractivity contribution >= 4 is 8.07 Å². The van der Waals surface area contributed by atoms with Gasteiger partial charge in [-0.15, -0.1) is 0 Å². The Kier molecular flexibility index (Phi) is 10.6. The van der Waals surface area contributed by atoms with Gasteiger partial charge in [0.15, 0.2) is 0 Å². The molecule has 0 aliphatic heterocycles. The molecule has 0 heterocycles. The molecule has 0 nitrogen and oxygen atoms in total. The maximum atomic E-state index is 2.59. The Morgan fingerprint density at radius 3 is 2.05 bits per heavy atom. The van der Waals surface area contributed by atoms with E-state index >= 15 is 0 Å². The Morgan fingerprint density at radius 1 is 1.05 bits per heavy atom. The largest absolute Gasteiger partial charge is 1.00 e. The molecule has 0 bridgehead atoms. The molecular weight excluding hydrogens is 386 g/mol. The quantitative estimate of drug-likeness (QED) is 0.418. The zero-order valence-electron chi connectivity index (χ0n) is 14.7. The summed E-state index contributed by atoms with van der Waals surface area (Å²) in [5.41, 5.74) is 5.30. The summed E-state index contributed by atoms with van der Waals surface area (Å²) >= 11 is 2.38. The molecule has 0 aromatic heterocycles. The third-order valence-electron chi connectivity index (χ3n) is 5.89. The summed E-state index contributed by atoms with van der Waals surface area (Å²) in [6, 6.07) is 1.46. The van der Waals surface area contributed by atoms with E-state index in [9.17, 15) is 0 Å². The van der Waals surface area contributed by atoms with Crippen LogP contribution >= 0.6 is 0 Å². The van der Waals surface area contributed by atoms with Gasteiger partial charge in [-0.25, -0.2) is 0 Å². The van der Waals surface area contributed by atoms with Crippen molar-refractivity contribution in [1.82, 2.24) is 0 Å². The van der Waals surface area contributed by atoms with Crippen LogP contribution in [0.4, 0.5) is 0 Å². The van der Waals surface area contributed by atoms with E-state index in [2.05, 4.69) is 61.2 Å². The first-order chi connectivity index (χ1) is 8.65. The van der Waals surface area contributed by atoms with E-state index in [1.54, 1.807) is 15.0 Å². The van der Waals surface area contributed by atoms with Gasteiger partial charge in [0.1, 0.15) is 0 Å². The molecule has 2 aliphatic rings. The van der Waals surface area contributed by atoms with Crippen molar-refractivity contribution in [1.29, 1.82) is 0 Å². The molecule has 0 saturated carbocycles. The fourth-order valence-electron chi connectivity index (χ4n) is 3.37. The molecule has 2 rings (SSSR count). The zero-order chi connectivity index (χ0) is 14.4. The molecule has 0 aromatic rings. The molecule has 0 amide bonds. The first-order valence-corrected chi connectivity index (χ1v) is 11.8. The second-order valence-corrected chi connectivity index (χ2v) is 14.6. The number of allylic oxidation sites excluding steroid dienone is 4. The van der Waals surface area contributed by atoms with Gasteiger partial charge in [-0.2, -0.15) is 0 Å². The molecule has 0 saturated heterocycles. The maximum absolute atomic E-state index is 2.59. The molecule has 1 unspecified atom stereocenters. The molecular formula is C17H29Cl3SiTi. The van der Waals surface area contributed by atoms with Crippen molar-refractivity contribution in [3.05, 3.63) is 20.6 Å². The summed E-state index contributed by atoms with van der Waals surface area (Å²) in [6.45, 7) is 15.0. The van der Waals surface area contributed by atoms with Crippen molar-refractivity contribution in [2.75, 3.05) is 0 Å². The standard InChI is InChI=1S/C17H29Si.3ClH.Ti/c1-13-11-14-9-7-8-10-15(14)16(13)12-18(5,6)17(2,3)4;;;;/h16H,7-10,12H2,1-6H3;3*1H;/q;;;;+3/p-3. The zero-order valence-corrected chi connectivity index (χ0v) is 19.6. The van der Waals surface area contributed by atoms with Gasteiger partial charge in [0.05, 0.1) is 0 Å². The molecule has 2 aliphatic carbocycles. The van der Waals surface area contributed by atoms with E-state index in [1.165, 1.54) is 31.7 Å². The fourth-order valence-corrected chi connectivity index (χ4v) is 6.27. The van der Waals surface area contributed by atoms with E-state index in [4.69, 9.17) is 0 Å². The molecule has 0 fully saturated rings. The molecule has 1 atom stereocenters. The van der Waals surface area contributed by atoms with Gasteiger partial charge < -0.3 is 37.2 Å². The second-order valence-electron chi connectivity index (χ2n) is 8.16. The van der Waals surface area contributed by atoms with Crippen LogP contribution in [0.15, 0.2) is 20.6 Å². The molecule has 126 valence electrons. The van der Waals surface area contributed by atoms with Gasteiger partial charge in [-0.3, -0.25) is 0 Å². The van der Waals surface area contributed by atoms with Gasteiger partial charge >= 0.3 is 133 Å². The third kappa shape index (κ3) is 4.90. The van der Waals surface area contributed by atoms with Crippen molar-refractivity contribution in [2.45, 2.75) is 77.6 Å². The van der Waals surface area contributed by atoms with Crippen LogP contribution in [0, 0.1) is 5.92 Å². The van der Waals surface area contributed by atoms with E-state index in [-0.39, 0.29) is 37.2 Å². The summed E-state index contributed by atoms with van der Waals surface area (Å²) in [7, 11) is -1.19. The van der Waals surface area contributed by atoms with Gasteiger partial charge in [-0.1, -0.05) is 0 Å². The molecule has 0 N–H and O–H groups in total. The summed E-state index contributed by atoms with van der Waals surface area (Å²) in [6.07, 6.45) is 5.57. The number of hydrogen-bond donors (Lipinski definition) is 0. The van der Waals surface area contributed by atoms with E-state index < -0.39 is 8.07 Å². The average Bonchev–Trinajstić information content (AvgIpc) is 2.54. The van der Waals surface area contributed by atoms with Gasteiger partial charge in [0.2, 0.25) is 0 Å². The summed E-state index contributed by atoms with van der Waals surface area (Å²) < 4.78 is 1.65. The first kappa shape index (κ1) is 25.5. The topological polar surface area (TPSA) is 0 Å². The fraction of sp³-hybridized carbons (Fsp3) is 0.765. The summed E-state index contributed by atoms with van der Waals surface area (Å²) in [5.74, 6) is 0.802. The minimum absolute atomic E-state index is 0. The Morgan fingerprint density at radius 2 is 1.55 bits per heavy atom. The Labute approximate surface area is 169 Å². The van der Waals surface area contributed by atoms with Gasteiger partial charge in [0, 0.05) is 0 Å². The van der Waals surface area contributed by atoms with E-state index in [1.807, 2.05) is 5.57 Å². The van der Waals surface area contributed by atoms with Gasteiger partial charge in [0.25, 0.3) is 0 Å². The monoisotopic (exact) mass is 414 g/mol. The Balaban J connectivity index is 0. The molecule has 0 aromatic carbocycles. The molecule has 5 heteroatoms. The first-order valence-electron chi connectivity index (χ1n) is 7.80. The predicted molar refractivity (Wildman–Crippen MR) is 83.7 cm³/mol. The van der Waals surface area contributed by atoms with Crippen LogP contribution in [0.2, 0.25) is 24.2 Å². The van der Waals surface area contributed by atoms with Crippen LogP contribution in [0.1, 0.15) is 53.4 Å². The van der Waals surface area contributed by atoms with Crippen molar-refractivity contribution in [3.63, 3.8) is 0 Å². The van der Waals surface area contributed by atoms with Crippen LogP contribution in [-0.2, 0) is 20.4 Å². The number of rotatable bonds is 2. The average molecular weight is 416 g/mol. The Bertz CT molecular complexity index is 447.